The van der Waals surface area contributed by atoms with Crippen LogP contribution in [0.5, 0.6) is 0 Å². The van der Waals surface area contributed by atoms with E-state index in [2.05, 4.69) is 4.98 Å². The van der Waals surface area contributed by atoms with E-state index >= 15 is 0 Å². The van der Waals surface area contributed by atoms with Crippen LogP contribution >= 0.6 is 22.7 Å². The van der Waals surface area contributed by atoms with E-state index in [1.165, 1.54) is 18.3 Å². The average molecular weight is 411 g/mol. The smallest absolute Gasteiger partial charge is 0.230 e. The van der Waals surface area contributed by atoms with Crippen molar-refractivity contribution in [2.45, 2.75) is 34.6 Å². The Bertz CT molecular complexity index is 1080. The number of carbonyl (C=O) groups is 2. The van der Waals surface area contributed by atoms with Crippen molar-refractivity contribution in [2.75, 3.05) is 4.90 Å². The molecule has 0 spiro atoms. The molecule has 3 aromatic rings. The number of benzene rings is 1. The Balaban J connectivity index is 1.87. The van der Waals surface area contributed by atoms with Gasteiger partial charge in [0.15, 0.2) is 10.9 Å². The molecule has 6 heteroatoms. The normalized spacial score (nSPS) is 11.2. The van der Waals surface area contributed by atoms with Crippen molar-refractivity contribution in [1.29, 1.82) is 0 Å². The zero-order valence-electron chi connectivity index (χ0n) is 16.6. The maximum Gasteiger partial charge on any atom is 0.230 e. The molecular formula is C22H22N2O2S2. The predicted octanol–water partition coefficient (Wildman–Crippen LogP) is 6.02. The summed E-state index contributed by atoms with van der Waals surface area (Å²) in [6.07, 6.45) is 3.25. The summed E-state index contributed by atoms with van der Waals surface area (Å²) in [7, 11) is 0. The molecule has 0 radical (unpaired) electrons. The number of aryl methyl sites for hydroxylation is 3. The van der Waals surface area contributed by atoms with E-state index in [9.17, 15) is 9.59 Å². The summed E-state index contributed by atoms with van der Waals surface area (Å²) in [5.41, 5.74) is 4.39. The highest BCUT2D eigenvalue weighted by Gasteiger charge is 2.20. The van der Waals surface area contributed by atoms with Crippen LogP contribution in [0.3, 0.4) is 0 Å². The largest absolute Gasteiger partial charge is 0.289 e. The fraction of sp³-hybridized carbons (Fsp3) is 0.227. The molecule has 1 aromatic carbocycles. The van der Waals surface area contributed by atoms with E-state index < -0.39 is 0 Å². The molecule has 2 aromatic heterocycles. The molecule has 144 valence electrons. The van der Waals surface area contributed by atoms with Gasteiger partial charge in [0.1, 0.15) is 0 Å². The minimum atomic E-state index is -0.0981. The van der Waals surface area contributed by atoms with Crippen molar-refractivity contribution in [3.05, 3.63) is 67.9 Å². The molecule has 1 amide bonds. The highest BCUT2D eigenvalue weighted by atomic mass is 32.1. The van der Waals surface area contributed by atoms with Crippen molar-refractivity contribution >= 4 is 51.3 Å². The molecule has 0 aliphatic carbocycles. The number of hydrogen-bond donors (Lipinski definition) is 0. The number of carbonyl (C=O) groups excluding carboxylic acids is 2. The zero-order chi connectivity index (χ0) is 20.4. The zero-order valence-corrected chi connectivity index (χ0v) is 18.2. The summed E-state index contributed by atoms with van der Waals surface area (Å²) >= 11 is 3.00. The fourth-order valence-electron chi connectivity index (χ4n) is 2.97. The van der Waals surface area contributed by atoms with Crippen LogP contribution in [-0.2, 0) is 4.79 Å². The van der Waals surface area contributed by atoms with Gasteiger partial charge in [-0.2, -0.15) is 0 Å². The molecule has 0 aliphatic rings. The van der Waals surface area contributed by atoms with Crippen molar-refractivity contribution in [1.82, 2.24) is 4.98 Å². The van der Waals surface area contributed by atoms with Gasteiger partial charge in [0.05, 0.1) is 11.4 Å². The molecule has 2 heterocycles. The third-order valence-corrected chi connectivity index (χ3v) is 6.35. The number of allylic oxidation sites excluding steroid dienone is 1. The van der Waals surface area contributed by atoms with Crippen LogP contribution in [0.2, 0.25) is 0 Å². The molecule has 0 N–H and O–H groups in total. The lowest BCUT2D eigenvalue weighted by Gasteiger charge is -2.21. The number of nitrogens with zero attached hydrogens (tertiary/aromatic N) is 2. The van der Waals surface area contributed by atoms with E-state index in [1.54, 1.807) is 28.4 Å². The Hall–Kier alpha value is -2.57. The SMILES string of the molecule is CC(=O)N(c1nc(/C=C\C(=O)c2cc(C)sc2C)cs1)c1cccc(C)c1C. The summed E-state index contributed by atoms with van der Waals surface area (Å²) in [6, 6.07) is 7.79. The Kier molecular flexibility index (Phi) is 5.91. The second-order valence-electron chi connectivity index (χ2n) is 6.65. The van der Waals surface area contributed by atoms with E-state index in [1.807, 2.05) is 57.3 Å². The van der Waals surface area contributed by atoms with Gasteiger partial charge >= 0.3 is 0 Å². The Labute approximate surface area is 173 Å². The molecule has 0 atom stereocenters. The fourth-order valence-corrected chi connectivity index (χ4v) is 4.74. The highest BCUT2D eigenvalue weighted by Crippen LogP contribution is 2.32. The quantitative estimate of drug-likeness (QED) is 0.382. The van der Waals surface area contributed by atoms with Crippen molar-refractivity contribution < 1.29 is 9.59 Å². The average Bonchev–Trinajstić information content (AvgIpc) is 3.22. The molecule has 0 saturated carbocycles. The molecule has 0 aliphatic heterocycles. The van der Waals surface area contributed by atoms with E-state index in [-0.39, 0.29) is 11.7 Å². The number of rotatable bonds is 5. The molecule has 0 fully saturated rings. The summed E-state index contributed by atoms with van der Waals surface area (Å²) < 4.78 is 0. The van der Waals surface area contributed by atoms with Crippen LogP contribution in [0, 0.1) is 27.7 Å². The van der Waals surface area contributed by atoms with Crippen LogP contribution < -0.4 is 4.90 Å². The second-order valence-corrected chi connectivity index (χ2v) is 8.95. The minimum absolute atomic E-state index is 0.0330. The van der Waals surface area contributed by atoms with Gasteiger partial charge in [-0.1, -0.05) is 12.1 Å². The highest BCUT2D eigenvalue weighted by molar-refractivity contribution is 7.14. The molecular weight excluding hydrogens is 388 g/mol. The van der Waals surface area contributed by atoms with Gasteiger partial charge in [-0.05, 0) is 63.1 Å². The number of aromatic nitrogens is 1. The topological polar surface area (TPSA) is 50.3 Å². The second kappa shape index (κ2) is 8.20. The first-order valence-corrected chi connectivity index (χ1v) is 10.6. The number of hydrogen-bond acceptors (Lipinski definition) is 5. The van der Waals surface area contributed by atoms with Crippen molar-refractivity contribution in [3.63, 3.8) is 0 Å². The minimum Gasteiger partial charge on any atom is -0.289 e. The number of thiophene rings is 1. The lowest BCUT2D eigenvalue weighted by Crippen LogP contribution is -2.23. The van der Waals surface area contributed by atoms with E-state index in [0.717, 1.165) is 32.1 Å². The monoisotopic (exact) mass is 410 g/mol. The molecule has 3 rings (SSSR count). The Morgan fingerprint density at radius 3 is 2.54 bits per heavy atom. The number of thiazole rings is 1. The summed E-state index contributed by atoms with van der Waals surface area (Å²) in [5, 5.41) is 2.45. The third kappa shape index (κ3) is 4.13. The standard InChI is InChI=1S/C22H22N2O2S2/c1-13-7-6-8-20(15(13)3)24(17(5)25)22-23-18(12-27-22)9-10-21(26)19-11-14(2)28-16(19)4/h6-12H,1-5H3/b10-9-. The Morgan fingerprint density at radius 2 is 1.89 bits per heavy atom. The van der Waals surface area contributed by atoms with Crippen LogP contribution in [0.15, 0.2) is 35.7 Å². The van der Waals surface area contributed by atoms with Gasteiger partial charge in [-0.25, -0.2) is 4.98 Å². The van der Waals surface area contributed by atoms with E-state index in [0.29, 0.717) is 10.8 Å². The van der Waals surface area contributed by atoms with Crippen molar-refractivity contribution in [3.8, 4) is 0 Å². The van der Waals surface area contributed by atoms with Gasteiger partial charge in [0, 0.05) is 27.6 Å². The number of amides is 1. The molecule has 4 nitrogen and oxygen atoms in total. The van der Waals surface area contributed by atoms with E-state index in [4.69, 9.17) is 0 Å². The Morgan fingerprint density at radius 1 is 1.14 bits per heavy atom. The lowest BCUT2D eigenvalue weighted by molar-refractivity contribution is -0.115. The first-order chi connectivity index (χ1) is 13.3. The summed E-state index contributed by atoms with van der Waals surface area (Å²) in [4.78, 5) is 33.1. The van der Waals surface area contributed by atoms with Gasteiger partial charge in [-0.3, -0.25) is 14.5 Å². The first kappa shape index (κ1) is 20.2. The molecule has 0 saturated heterocycles. The number of anilines is 2. The predicted molar refractivity (Wildman–Crippen MR) is 118 cm³/mol. The molecule has 0 unspecified atom stereocenters. The maximum atomic E-state index is 12.4. The first-order valence-electron chi connectivity index (χ1n) is 8.90. The van der Waals surface area contributed by atoms with Crippen LogP contribution in [0.25, 0.3) is 6.08 Å². The van der Waals surface area contributed by atoms with Crippen LogP contribution in [0.1, 0.15) is 43.9 Å². The van der Waals surface area contributed by atoms with Gasteiger partial charge in [-0.15, -0.1) is 22.7 Å². The van der Waals surface area contributed by atoms with Gasteiger partial charge in [0.25, 0.3) is 0 Å². The molecule has 0 bridgehead atoms. The van der Waals surface area contributed by atoms with Crippen LogP contribution in [-0.4, -0.2) is 16.7 Å². The maximum absolute atomic E-state index is 12.4. The summed E-state index contributed by atoms with van der Waals surface area (Å²) in [6.45, 7) is 9.50. The van der Waals surface area contributed by atoms with Gasteiger partial charge < -0.3 is 0 Å². The van der Waals surface area contributed by atoms with Crippen molar-refractivity contribution in [2.24, 2.45) is 0 Å². The van der Waals surface area contributed by atoms with Crippen LogP contribution in [0.4, 0.5) is 10.8 Å². The lowest BCUT2D eigenvalue weighted by atomic mass is 10.1. The third-order valence-electron chi connectivity index (χ3n) is 4.54. The van der Waals surface area contributed by atoms with Gasteiger partial charge in [0.2, 0.25) is 5.91 Å². The molecule has 28 heavy (non-hydrogen) atoms. The summed E-state index contributed by atoms with van der Waals surface area (Å²) in [5.74, 6) is -0.131. The number of ketones is 1.